The minimum atomic E-state index is -0.955. The van der Waals surface area contributed by atoms with Gasteiger partial charge in [0.2, 0.25) is 0 Å². The fourth-order valence-corrected chi connectivity index (χ4v) is 1.20. The molecule has 10 heavy (non-hydrogen) atoms. The van der Waals surface area contributed by atoms with E-state index in [2.05, 4.69) is 24.5 Å². The molecule has 0 aromatic rings. The lowest BCUT2D eigenvalue weighted by atomic mass is 10.9. The van der Waals surface area contributed by atoms with Crippen molar-refractivity contribution in [2.45, 2.75) is 25.7 Å². The molecule has 2 nitrogen and oxygen atoms in total. The van der Waals surface area contributed by atoms with Crippen LogP contribution < -0.4 is 0 Å². The molecule has 0 radical (unpaired) electrons. The Hall–Kier alpha value is 0.427. The molecular weight excluding hydrogens is 168 g/mol. The van der Waals surface area contributed by atoms with Crippen molar-refractivity contribution in [3.8, 4) is 0 Å². The smallest absolute Gasteiger partial charge is 0.156 e. The minimum absolute atomic E-state index is 0.117. The summed E-state index contributed by atoms with van der Waals surface area (Å²) in [4.78, 5) is 9.28. The average molecular weight is 183 g/mol. The first-order valence-corrected chi connectivity index (χ1v) is 7.61. The summed E-state index contributed by atoms with van der Waals surface area (Å²) in [5.74, 6) is 0. The zero-order chi connectivity index (χ0) is 8.04. The van der Waals surface area contributed by atoms with E-state index < -0.39 is 8.07 Å². The van der Waals surface area contributed by atoms with Crippen molar-refractivity contribution in [3.05, 3.63) is 0 Å². The summed E-state index contributed by atoms with van der Waals surface area (Å²) >= 11 is 5.22. The Morgan fingerprint density at radius 3 is 2.20 bits per heavy atom. The van der Waals surface area contributed by atoms with Gasteiger partial charge in [-0.1, -0.05) is 31.2 Å². The van der Waals surface area contributed by atoms with Crippen LogP contribution in [0.1, 0.15) is 0 Å². The van der Waals surface area contributed by atoms with Gasteiger partial charge in [-0.25, -0.2) is 9.78 Å². The van der Waals surface area contributed by atoms with Crippen LogP contribution in [0.15, 0.2) is 0 Å². The molecule has 0 unspecified atom stereocenters. The Labute approximate surface area is 68.4 Å². The molecule has 0 aliphatic heterocycles. The van der Waals surface area contributed by atoms with Crippen LogP contribution in [0.2, 0.25) is 25.7 Å². The highest BCUT2D eigenvalue weighted by Crippen LogP contribution is 2.07. The summed E-state index contributed by atoms with van der Waals surface area (Å²) in [6.07, 6.45) is 0. The zero-order valence-electron chi connectivity index (χ0n) is 6.82. The third-order valence-corrected chi connectivity index (χ3v) is 2.86. The Balaban J connectivity index is 3.04. The van der Waals surface area contributed by atoms with Crippen LogP contribution in [-0.2, 0) is 9.78 Å². The highest BCUT2D eigenvalue weighted by molar-refractivity contribution is 6.76. The molecule has 0 saturated heterocycles. The van der Waals surface area contributed by atoms with Crippen molar-refractivity contribution >= 4 is 19.7 Å². The Kier molecular flexibility index (Phi) is 5.35. The topological polar surface area (TPSA) is 18.5 Å². The molecule has 4 heteroatoms. The Morgan fingerprint density at radius 2 is 1.80 bits per heavy atom. The van der Waals surface area contributed by atoms with Crippen molar-refractivity contribution < 1.29 is 9.78 Å². The van der Waals surface area contributed by atoms with Crippen LogP contribution in [0.3, 0.4) is 0 Å². The first kappa shape index (κ1) is 10.4. The summed E-state index contributed by atoms with van der Waals surface area (Å²) < 4.78 is 0. The summed E-state index contributed by atoms with van der Waals surface area (Å²) in [6, 6.07) is 1.23. The maximum atomic E-state index is 5.22. The molecule has 0 heterocycles. The zero-order valence-corrected chi connectivity index (χ0v) is 8.57. The largest absolute Gasteiger partial charge is 0.236 e. The maximum Gasteiger partial charge on any atom is 0.156 e. The van der Waals surface area contributed by atoms with E-state index in [1.54, 1.807) is 0 Å². The molecule has 0 fully saturated rings. The molecule has 0 amide bonds. The van der Waals surface area contributed by atoms with Crippen molar-refractivity contribution in [2.24, 2.45) is 0 Å². The lowest BCUT2D eigenvalue weighted by molar-refractivity contribution is -0.276. The summed E-state index contributed by atoms with van der Waals surface area (Å²) in [6.45, 7) is 7.54. The molecule has 0 rings (SSSR count). The minimum Gasteiger partial charge on any atom is -0.236 e. The molecule has 62 valence electrons. The van der Waals surface area contributed by atoms with Gasteiger partial charge in [0.1, 0.15) is 0 Å². The van der Waals surface area contributed by atoms with Gasteiger partial charge in [-0.15, -0.1) is 0 Å². The van der Waals surface area contributed by atoms with E-state index in [9.17, 15) is 0 Å². The van der Waals surface area contributed by atoms with Gasteiger partial charge in [0.25, 0.3) is 0 Å². The van der Waals surface area contributed by atoms with Gasteiger partial charge in [-0.05, 0) is 6.04 Å². The summed E-state index contributed by atoms with van der Waals surface area (Å²) in [5, 5.41) is 0. The van der Waals surface area contributed by atoms with Crippen LogP contribution in [-0.4, -0.2) is 20.7 Å². The fourth-order valence-electron chi connectivity index (χ4n) is 0.438. The van der Waals surface area contributed by atoms with Crippen LogP contribution in [0.25, 0.3) is 0 Å². The molecule has 0 spiro atoms. The number of hydrogen-bond donors (Lipinski definition) is 0. The second kappa shape index (κ2) is 5.13. The number of halogens is 1. The monoisotopic (exact) mass is 182 g/mol. The summed E-state index contributed by atoms with van der Waals surface area (Å²) in [7, 11) is -0.955. The molecule has 0 atom stereocenters. The molecule has 0 aromatic heterocycles. The van der Waals surface area contributed by atoms with Gasteiger partial charge >= 0.3 is 0 Å². The van der Waals surface area contributed by atoms with Gasteiger partial charge < -0.3 is 0 Å². The number of alkyl halides is 1. The lowest BCUT2D eigenvalue weighted by Gasteiger charge is -2.13. The van der Waals surface area contributed by atoms with Gasteiger partial charge in [-0.3, -0.25) is 0 Å². The van der Waals surface area contributed by atoms with Crippen LogP contribution in [0.5, 0.6) is 0 Å². The predicted octanol–water partition coefficient (Wildman–Crippen LogP) is 2.47. The molecule has 0 aromatic carbocycles. The SMILES string of the molecule is C[Si](C)(C)CCOOCCl. The van der Waals surface area contributed by atoms with Crippen LogP contribution in [0.4, 0.5) is 0 Å². The first-order valence-electron chi connectivity index (χ1n) is 3.36. The van der Waals surface area contributed by atoms with E-state index in [1.807, 2.05) is 0 Å². The number of hydrogen-bond acceptors (Lipinski definition) is 2. The highest BCUT2D eigenvalue weighted by Gasteiger charge is 2.11. The van der Waals surface area contributed by atoms with Gasteiger partial charge in [0, 0.05) is 8.07 Å². The average Bonchev–Trinajstić information content (AvgIpc) is 1.78. The van der Waals surface area contributed by atoms with E-state index >= 15 is 0 Å². The second-order valence-corrected chi connectivity index (χ2v) is 9.20. The van der Waals surface area contributed by atoms with E-state index in [4.69, 9.17) is 16.5 Å². The Bertz CT molecular complexity index is 82.3. The van der Waals surface area contributed by atoms with E-state index in [-0.39, 0.29) is 6.07 Å². The quantitative estimate of drug-likeness (QED) is 0.214. The Morgan fingerprint density at radius 1 is 1.20 bits per heavy atom. The summed E-state index contributed by atoms with van der Waals surface area (Å²) in [5.41, 5.74) is 0. The fraction of sp³-hybridized carbons (Fsp3) is 1.00. The molecular formula is C6H15ClO2Si. The molecule has 0 N–H and O–H groups in total. The predicted molar refractivity (Wildman–Crippen MR) is 45.9 cm³/mol. The highest BCUT2D eigenvalue weighted by atomic mass is 35.5. The third kappa shape index (κ3) is 8.43. The van der Waals surface area contributed by atoms with E-state index in [0.29, 0.717) is 6.61 Å². The maximum absolute atomic E-state index is 5.22. The molecule has 0 aliphatic carbocycles. The van der Waals surface area contributed by atoms with Crippen LogP contribution in [0, 0.1) is 0 Å². The third-order valence-electron chi connectivity index (χ3n) is 1.06. The lowest BCUT2D eigenvalue weighted by Crippen LogP contribution is -2.21. The number of rotatable bonds is 5. The van der Waals surface area contributed by atoms with Crippen molar-refractivity contribution in [3.63, 3.8) is 0 Å². The normalized spacial score (nSPS) is 12.0. The molecule has 0 bridgehead atoms. The van der Waals surface area contributed by atoms with Crippen molar-refractivity contribution in [1.29, 1.82) is 0 Å². The second-order valence-electron chi connectivity index (χ2n) is 3.36. The van der Waals surface area contributed by atoms with Gasteiger partial charge in [-0.2, -0.15) is 0 Å². The molecule has 0 aliphatic rings. The molecule has 0 saturated carbocycles. The van der Waals surface area contributed by atoms with Crippen molar-refractivity contribution in [2.75, 3.05) is 12.7 Å². The standard InChI is InChI=1S/C6H15ClO2Si/c1-10(2,3)5-4-8-9-6-7/h4-6H2,1-3H3. The van der Waals surface area contributed by atoms with E-state index in [1.165, 1.54) is 0 Å². The van der Waals surface area contributed by atoms with Crippen LogP contribution >= 0.6 is 11.6 Å². The van der Waals surface area contributed by atoms with Crippen molar-refractivity contribution in [1.82, 2.24) is 0 Å². The van der Waals surface area contributed by atoms with Gasteiger partial charge in [0.05, 0.1) is 6.61 Å². The van der Waals surface area contributed by atoms with E-state index in [0.717, 1.165) is 6.04 Å². The first-order chi connectivity index (χ1) is 4.56. The van der Waals surface area contributed by atoms with Gasteiger partial charge in [0.15, 0.2) is 6.07 Å².